The normalized spacial score (nSPS) is 20.0. The lowest BCUT2D eigenvalue weighted by Crippen LogP contribution is -2.52. The highest BCUT2D eigenvalue weighted by Crippen LogP contribution is 2.36. The van der Waals surface area contributed by atoms with E-state index in [1.807, 2.05) is 45.0 Å². The molecule has 0 spiro atoms. The quantitative estimate of drug-likeness (QED) is 0.838. The Morgan fingerprint density at radius 2 is 1.78 bits per heavy atom. The largest absolute Gasteiger partial charge is 0.444 e. The number of hydrogen-bond donors (Lipinski definition) is 1. The smallest absolute Gasteiger partial charge is 0.410 e. The number of carbonyl (C=O) groups is 3. The van der Waals surface area contributed by atoms with Gasteiger partial charge in [-0.05, 0) is 32.9 Å². The molecule has 0 aromatic heterocycles. The van der Waals surface area contributed by atoms with E-state index in [4.69, 9.17) is 4.74 Å². The molecule has 1 aromatic rings. The van der Waals surface area contributed by atoms with Crippen LogP contribution < -0.4 is 5.32 Å². The highest BCUT2D eigenvalue weighted by molar-refractivity contribution is 8.01. The van der Waals surface area contributed by atoms with Crippen molar-refractivity contribution in [1.82, 2.24) is 9.80 Å². The van der Waals surface area contributed by atoms with Gasteiger partial charge >= 0.3 is 6.09 Å². The first-order chi connectivity index (χ1) is 12.7. The molecule has 0 aliphatic carbocycles. The van der Waals surface area contributed by atoms with E-state index in [1.165, 1.54) is 11.8 Å². The number of hydrogen-bond acceptors (Lipinski definition) is 5. The summed E-state index contributed by atoms with van der Waals surface area (Å²) in [7, 11) is 0. The Hall–Kier alpha value is -2.22. The zero-order valence-electron chi connectivity index (χ0n) is 15.9. The van der Waals surface area contributed by atoms with Gasteiger partial charge in [0.25, 0.3) is 0 Å². The highest BCUT2D eigenvalue weighted by atomic mass is 32.2. The summed E-state index contributed by atoms with van der Waals surface area (Å²) in [5.41, 5.74) is 0.258. The van der Waals surface area contributed by atoms with Crippen molar-refractivity contribution in [3.8, 4) is 0 Å². The molecule has 0 saturated carbocycles. The summed E-state index contributed by atoms with van der Waals surface area (Å²) in [6.07, 6.45) is -0.203. The number of nitrogens with one attached hydrogen (secondary N) is 1. The Morgan fingerprint density at radius 1 is 1.15 bits per heavy atom. The molecule has 2 aliphatic heterocycles. The topological polar surface area (TPSA) is 79.0 Å². The molecule has 2 aliphatic rings. The molecule has 1 atom stereocenters. The summed E-state index contributed by atoms with van der Waals surface area (Å²) < 4.78 is 5.37. The van der Waals surface area contributed by atoms with Crippen molar-refractivity contribution in [2.75, 3.05) is 31.5 Å². The zero-order valence-corrected chi connectivity index (χ0v) is 16.7. The van der Waals surface area contributed by atoms with Crippen LogP contribution in [0.3, 0.4) is 0 Å². The van der Waals surface area contributed by atoms with Crippen LogP contribution in [0.4, 0.5) is 10.5 Å². The minimum Gasteiger partial charge on any atom is -0.444 e. The first-order valence-corrected chi connectivity index (χ1v) is 9.93. The molecule has 2 heterocycles. The lowest BCUT2D eigenvalue weighted by atomic mass is 10.2. The van der Waals surface area contributed by atoms with E-state index in [9.17, 15) is 14.4 Å². The van der Waals surface area contributed by atoms with Crippen molar-refractivity contribution in [2.45, 2.75) is 42.9 Å². The number of anilines is 1. The van der Waals surface area contributed by atoms with E-state index in [0.717, 1.165) is 10.6 Å². The Kier molecular flexibility index (Phi) is 5.64. The molecule has 0 radical (unpaired) electrons. The summed E-state index contributed by atoms with van der Waals surface area (Å²) in [5.74, 6) is -0.203. The van der Waals surface area contributed by atoms with Gasteiger partial charge in [-0.1, -0.05) is 12.1 Å². The van der Waals surface area contributed by atoms with Gasteiger partial charge in [0.1, 0.15) is 5.60 Å². The van der Waals surface area contributed by atoms with Gasteiger partial charge < -0.3 is 19.9 Å². The molecule has 3 rings (SSSR count). The SMILES string of the molecule is CC(C)(C)OC(=O)N1CCN(C(=O)CC2Sc3ccccc3NC2=O)CC1. The van der Waals surface area contributed by atoms with E-state index in [1.54, 1.807) is 9.80 Å². The van der Waals surface area contributed by atoms with Gasteiger partial charge in [0.15, 0.2) is 0 Å². The van der Waals surface area contributed by atoms with Crippen LogP contribution >= 0.6 is 11.8 Å². The Morgan fingerprint density at radius 3 is 2.44 bits per heavy atom. The van der Waals surface area contributed by atoms with Gasteiger partial charge in [0.2, 0.25) is 11.8 Å². The standard InChI is InChI=1S/C19H25N3O4S/c1-19(2,3)26-18(25)22-10-8-21(9-11-22)16(23)12-15-17(24)20-13-6-4-5-7-14(13)27-15/h4-7,15H,8-12H2,1-3H3,(H,20,24). The van der Waals surface area contributed by atoms with Crippen molar-refractivity contribution in [1.29, 1.82) is 0 Å². The van der Waals surface area contributed by atoms with Crippen LogP contribution in [0.1, 0.15) is 27.2 Å². The van der Waals surface area contributed by atoms with Crippen LogP contribution in [0.15, 0.2) is 29.2 Å². The van der Waals surface area contributed by atoms with Gasteiger partial charge in [-0.15, -0.1) is 11.8 Å². The summed E-state index contributed by atoms with van der Waals surface area (Å²) >= 11 is 1.43. The third-order valence-corrected chi connectivity index (χ3v) is 5.63. The number of ether oxygens (including phenoxy) is 1. The van der Waals surface area contributed by atoms with Gasteiger partial charge in [0.05, 0.1) is 10.9 Å². The molecule has 1 aromatic carbocycles. The van der Waals surface area contributed by atoms with E-state index < -0.39 is 10.9 Å². The second-order valence-corrected chi connectivity index (χ2v) is 8.89. The predicted octanol–water partition coefficient (Wildman–Crippen LogP) is 2.57. The number of thioether (sulfide) groups is 1. The second kappa shape index (κ2) is 7.80. The molecule has 1 saturated heterocycles. The number of benzene rings is 1. The third kappa shape index (κ3) is 4.94. The van der Waals surface area contributed by atoms with Crippen molar-refractivity contribution >= 4 is 35.4 Å². The maximum Gasteiger partial charge on any atom is 0.410 e. The number of fused-ring (bicyclic) bond motifs is 1. The van der Waals surface area contributed by atoms with Crippen LogP contribution in [0.5, 0.6) is 0 Å². The fraction of sp³-hybridized carbons (Fsp3) is 0.526. The lowest BCUT2D eigenvalue weighted by molar-refractivity contribution is -0.134. The number of rotatable bonds is 2. The van der Waals surface area contributed by atoms with E-state index in [0.29, 0.717) is 26.2 Å². The van der Waals surface area contributed by atoms with Gasteiger partial charge in [-0.3, -0.25) is 9.59 Å². The first-order valence-electron chi connectivity index (χ1n) is 9.05. The molecule has 1 fully saturated rings. The average molecular weight is 391 g/mol. The molecule has 1 unspecified atom stereocenters. The maximum atomic E-state index is 12.6. The maximum absolute atomic E-state index is 12.6. The number of para-hydroxylation sites is 1. The van der Waals surface area contributed by atoms with Gasteiger partial charge in [0, 0.05) is 37.5 Å². The first kappa shape index (κ1) is 19.5. The fourth-order valence-electron chi connectivity index (χ4n) is 2.98. The zero-order chi connectivity index (χ0) is 19.6. The minimum atomic E-state index is -0.536. The summed E-state index contributed by atoms with van der Waals surface area (Å²) in [5, 5.41) is 2.43. The van der Waals surface area contributed by atoms with Crippen molar-refractivity contribution in [3.05, 3.63) is 24.3 Å². The minimum absolute atomic E-state index is 0.0640. The predicted molar refractivity (Wildman–Crippen MR) is 104 cm³/mol. The van der Waals surface area contributed by atoms with Crippen molar-refractivity contribution in [3.63, 3.8) is 0 Å². The Balaban J connectivity index is 1.52. The number of piperazine rings is 1. The molecule has 8 heteroatoms. The summed E-state index contributed by atoms with van der Waals surface area (Å²) in [4.78, 5) is 41.3. The number of nitrogens with zero attached hydrogens (tertiary/aromatic N) is 2. The molecule has 3 amide bonds. The number of amides is 3. The molecule has 7 nitrogen and oxygen atoms in total. The molecule has 1 N–H and O–H groups in total. The van der Waals surface area contributed by atoms with Crippen molar-refractivity contribution in [2.24, 2.45) is 0 Å². The van der Waals surface area contributed by atoms with Crippen LogP contribution in [-0.2, 0) is 14.3 Å². The highest BCUT2D eigenvalue weighted by Gasteiger charge is 2.32. The Bertz CT molecular complexity index is 739. The van der Waals surface area contributed by atoms with E-state index in [2.05, 4.69) is 5.32 Å². The molecular formula is C19H25N3O4S. The molecular weight excluding hydrogens is 366 g/mol. The Labute approximate surface area is 163 Å². The molecule has 0 bridgehead atoms. The lowest BCUT2D eigenvalue weighted by Gasteiger charge is -2.36. The van der Waals surface area contributed by atoms with Crippen LogP contribution in [-0.4, -0.2) is 64.7 Å². The summed E-state index contributed by atoms with van der Waals surface area (Å²) in [6.45, 7) is 7.27. The van der Waals surface area contributed by atoms with Crippen molar-refractivity contribution < 1.29 is 19.1 Å². The van der Waals surface area contributed by atoms with Gasteiger partial charge in [-0.2, -0.15) is 0 Å². The van der Waals surface area contributed by atoms with Crippen LogP contribution in [0.2, 0.25) is 0 Å². The van der Waals surface area contributed by atoms with Gasteiger partial charge in [-0.25, -0.2) is 4.79 Å². The van der Waals surface area contributed by atoms with E-state index in [-0.39, 0.29) is 24.3 Å². The third-order valence-electron chi connectivity index (χ3n) is 4.35. The van der Waals surface area contributed by atoms with Crippen LogP contribution in [0, 0.1) is 0 Å². The fourth-order valence-corrected chi connectivity index (χ4v) is 4.08. The monoisotopic (exact) mass is 391 g/mol. The average Bonchev–Trinajstić information content (AvgIpc) is 2.61. The number of carbonyl (C=O) groups excluding carboxylic acids is 3. The molecule has 146 valence electrons. The second-order valence-electron chi connectivity index (χ2n) is 7.64. The molecule has 27 heavy (non-hydrogen) atoms. The summed E-state index contributed by atoms with van der Waals surface area (Å²) in [6, 6.07) is 7.58. The van der Waals surface area contributed by atoms with Crippen LogP contribution in [0.25, 0.3) is 0 Å². The van der Waals surface area contributed by atoms with E-state index >= 15 is 0 Å².